The Balaban J connectivity index is 1.79. The molecular formula is C14H23NO4. The van der Waals surface area contributed by atoms with Crippen LogP contribution in [0, 0.1) is 0 Å². The van der Waals surface area contributed by atoms with Crippen LogP contribution in [0.2, 0.25) is 0 Å². The Morgan fingerprint density at radius 1 is 0.895 bits per heavy atom. The average Bonchev–Trinajstić information content (AvgIpc) is 2.46. The van der Waals surface area contributed by atoms with Crippen molar-refractivity contribution >= 4 is 0 Å². The quantitative estimate of drug-likeness (QED) is 0.459. The van der Waals surface area contributed by atoms with Crippen molar-refractivity contribution < 1.29 is 19.0 Å². The third-order valence-corrected chi connectivity index (χ3v) is 2.34. The Labute approximate surface area is 114 Å². The molecule has 0 aliphatic rings. The van der Waals surface area contributed by atoms with Crippen molar-refractivity contribution in [3.05, 3.63) is 35.9 Å². The number of methoxy groups -OCH3 is 1. The molecule has 1 rings (SSSR count). The van der Waals surface area contributed by atoms with Crippen LogP contribution in [0.4, 0.5) is 0 Å². The Kier molecular flexibility index (Phi) is 10.2. The molecule has 0 unspecified atom stereocenters. The van der Waals surface area contributed by atoms with Crippen LogP contribution in [0.15, 0.2) is 30.3 Å². The van der Waals surface area contributed by atoms with Gasteiger partial charge in [-0.05, 0) is 5.56 Å². The predicted octanol–water partition coefficient (Wildman–Crippen LogP) is 1.39. The molecule has 0 fully saturated rings. The van der Waals surface area contributed by atoms with Crippen LogP contribution in [0.1, 0.15) is 5.56 Å². The maximum absolute atomic E-state index is 5.36. The summed E-state index contributed by atoms with van der Waals surface area (Å²) >= 11 is 0. The van der Waals surface area contributed by atoms with Crippen LogP contribution in [-0.2, 0) is 25.7 Å². The van der Waals surface area contributed by atoms with E-state index in [-0.39, 0.29) is 0 Å². The second-order valence-corrected chi connectivity index (χ2v) is 3.89. The molecule has 0 saturated carbocycles. The van der Waals surface area contributed by atoms with E-state index in [1.54, 1.807) is 7.11 Å². The van der Waals surface area contributed by atoms with Crippen molar-refractivity contribution in [3.63, 3.8) is 0 Å². The highest BCUT2D eigenvalue weighted by atomic mass is 16.6. The number of rotatable bonds is 12. The summed E-state index contributed by atoms with van der Waals surface area (Å²) in [5.41, 5.74) is 4.00. The lowest BCUT2D eigenvalue weighted by molar-refractivity contribution is -0.00515. The summed E-state index contributed by atoms with van der Waals surface area (Å²) in [6, 6.07) is 10.0. The molecule has 0 heterocycles. The van der Waals surface area contributed by atoms with Crippen LogP contribution in [-0.4, -0.2) is 46.7 Å². The lowest BCUT2D eigenvalue weighted by atomic mass is 10.2. The fourth-order valence-corrected chi connectivity index (χ4v) is 1.36. The third-order valence-electron chi connectivity index (χ3n) is 2.34. The van der Waals surface area contributed by atoms with Crippen molar-refractivity contribution in [1.29, 1.82) is 0 Å². The Hall–Kier alpha value is -0.980. The minimum atomic E-state index is 0.557. The molecule has 0 aliphatic carbocycles. The Morgan fingerprint density at radius 3 is 2.32 bits per heavy atom. The first-order chi connectivity index (χ1) is 9.43. The van der Waals surface area contributed by atoms with E-state index in [2.05, 4.69) is 5.48 Å². The smallest absolute Gasteiger partial charge is 0.0933 e. The van der Waals surface area contributed by atoms with E-state index >= 15 is 0 Å². The monoisotopic (exact) mass is 269 g/mol. The fourth-order valence-electron chi connectivity index (χ4n) is 1.36. The van der Waals surface area contributed by atoms with Gasteiger partial charge in [-0.2, -0.15) is 5.48 Å². The van der Waals surface area contributed by atoms with E-state index in [1.165, 1.54) is 0 Å². The van der Waals surface area contributed by atoms with Crippen LogP contribution in [0.3, 0.4) is 0 Å². The van der Waals surface area contributed by atoms with E-state index < -0.39 is 0 Å². The van der Waals surface area contributed by atoms with Gasteiger partial charge in [0.05, 0.1) is 39.6 Å². The molecule has 5 nitrogen and oxygen atoms in total. The molecule has 1 aromatic rings. The molecule has 0 atom stereocenters. The van der Waals surface area contributed by atoms with Crippen LogP contribution < -0.4 is 5.48 Å². The molecule has 0 bridgehead atoms. The van der Waals surface area contributed by atoms with Crippen molar-refractivity contribution in [1.82, 2.24) is 5.48 Å². The predicted molar refractivity (Wildman–Crippen MR) is 72.7 cm³/mol. The minimum absolute atomic E-state index is 0.557. The maximum atomic E-state index is 5.36. The first-order valence-corrected chi connectivity index (χ1v) is 6.46. The standard InChI is InChI=1S/C14H23NO4/c1-16-9-10-18-12-11-17-8-7-15-19-13-14-5-3-2-4-6-14/h2-6,15H,7-13H2,1H3. The second-order valence-electron chi connectivity index (χ2n) is 3.89. The summed E-state index contributed by atoms with van der Waals surface area (Å²) in [5, 5.41) is 0. The normalized spacial score (nSPS) is 10.8. The highest BCUT2D eigenvalue weighted by Crippen LogP contribution is 1.98. The van der Waals surface area contributed by atoms with E-state index in [0.717, 1.165) is 5.56 Å². The molecule has 0 aliphatic heterocycles. The van der Waals surface area contributed by atoms with Gasteiger partial charge in [-0.25, -0.2) is 0 Å². The van der Waals surface area contributed by atoms with E-state index in [0.29, 0.717) is 46.2 Å². The number of hydrogen-bond acceptors (Lipinski definition) is 5. The average molecular weight is 269 g/mol. The molecule has 0 radical (unpaired) electrons. The molecular weight excluding hydrogens is 246 g/mol. The number of benzene rings is 1. The van der Waals surface area contributed by atoms with Gasteiger partial charge in [-0.3, -0.25) is 4.84 Å². The van der Waals surface area contributed by atoms with Gasteiger partial charge in [0.2, 0.25) is 0 Å². The first-order valence-electron chi connectivity index (χ1n) is 6.46. The summed E-state index contributed by atoms with van der Waals surface area (Å²) in [6.07, 6.45) is 0. The van der Waals surface area contributed by atoms with Crippen LogP contribution in [0.5, 0.6) is 0 Å². The third kappa shape index (κ3) is 9.58. The molecule has 0 amide bonds. The van der Waals surface area contributed by atoms with Gasteiger partial charge >= 0.3 is 0 Å². The topological polar surface area (TPSA) is 49.0 Å². The lowest BCUT2D eigenvalue weighted by Crippen LogP contribution is -2.21. The second kappa shape index (κ2) is 12.1. The molecule has 19 heavy (non-hydrogen) atoms. The van der Waals surface area contributed by atoms with Crippen molar-refractivity contribution in [3.8, 4) is 0 Å². The summed E-state index contributed by atoms with van der Waals surface area (Å²) in [6.45, 7) is 4.22. The van der Waals surface area contributed by atoms with Gasteiger partial charge < -0.3 is 14.2 Å². The number of ether oxygens (including phenoxy) is 3. The number of hydrogen-bond donors (Lipinski definition) is 1. The maximum Gasteiger partial charge on any atom is 0.0933 e. The van der Waals surface area contributed by atoms with Gasteiger partial charge in [0, 0.05) is 13.7 Å². The van der Waals surface area contributed by atoms with Crippen molar-refractivity contribution in [2.45, 2.75) is 6.61 Å². The number of nitrogens with one attached hydrogen (secondary N) is 1. The van der Waals surface area contributed by atoms with Gasteiger partial charge in [-0.1, -0.05) is 30.3 Å². The summed E-state index contributed by atoms with van der Waals surface area (Å²) < 4.78 is 15.5. The largest absolute Gasteiger partial charge is 0.382 e. The van der Waals surface area contributed by atoms with E-state index in [4.69, 9.17) is 19.0 Å². The zero-order chi connectivity index (χ0) is 13.6. The van der Waals surface area contributed by atoms with E-state index in [1.807, 2.05) is 30.3 Å². The van der Waals surface area contributed by atoms with Gasteiger partial charge in [-0.15, -0.1) is 0 Å². The zero-order valence-electron chi connectivity index (χ0n) is 11.5. The molecule has 0 spiro atoms. The zero-order valence-corrected chi connectivity index (χ0v) is 11.5. The van der Waals surface area contributed by atoms with Crippen LogP contribution >= 0.6 is 0 Å². The molecule has 108 valence electrons. The Morgan fingerprint density at radius 2 is 1.58 bits per heavy atom. The van der Waals surface area contributed by atoms with Gasteiger partial charge in [0.25, 0.3) is 0 Å². The van der Waals surface area contributed by atoms with E-state index in [9.17, 15) is 0 Å². The fraction of sp³-hybridized carbons (Fsp3) is 0.571. The van der Waals surface area contributed by atoms with Crippen LogP contribution in [0.25, 0.3) is 0 Å². The lowest BCUT2D eigenvalue weighted by Gasteiger charge is -2.07. The number of hydroxylamine groups is 1. The van der Waals surface area contributed by atoms with Crippen molar-refractivity contribution in [2.75, 3.05) is 46.7 Å². The molecule has 0 aromatic heterocycles. The summed E-state index contributed by atoms with van der Waals surface area (Å²) in [7, 11) is 1.65. The molecule has 1 N–H and O–H groups in total. The first kappa shape index (κ1) is 16.1. The Bertz CT molecular complexity index is 295. The summed E-state index contributed by atoms with van der Waals surface area (Å²) in [4.78, 5) is 5.30. The summed E-state index contributed by atoms with van der Waals surface area (Å²) in [5.74, 6) is 0. The highest BCUT2D eigenvalue weighted by Gasteiger charge is 1.92. The SMILES string of the molecule is COCCOCCOCCNOCc1ccccc1. The minimum Gasteiger partial charge on any atom is -0.382 e. The van der Waals surface area contributed by atoms with Gasteiger partial charge in [0.15, 0.2) is 0 Å². The highest BCUT2D eigenvalue weighted by molar-refractivity contribution is 5.13. The van der Waals surface area contributed by atoms with Gasteiger partial charge in [0.1, 0.15) is 0 Å². The molecule has 0 saturated heterocycles. The molecule has 5 heteroatoms. The molecule has 1 aromatic carbocycles. The van der Waals surface area contributed by atoms with Crippen molar-refractivity contribution in [2.24, 2.45) is 0 Å².